The molecule has 12 nitrogen and oxygen atoms in total. The van der Waals surface area contributed by atoms with Gasteiger partial charge in [-0.05, 0) is 243 Å². The van der Waals surface area contributed by atoms with Crippen molar-refractivity contribution in [2.24, 2.45) is 0 Å². The second kappa shape index (κ2) is 35.7. The smallest absolute Gasteiger partial charge is 0.335 e. The normalized spacial score (nSPS) is 10.3. The van der Waals surface area contributed by atoms with Crippen LogP contribution in [0, 0.1) is 0 Å². The minimum atomic E-state index is -0.485. The zero-order valence-electron chi connectivity index (χ0n) is 57.3. The third kappa shape index (κ3) is 18.9. The number of hydrogen-bond acceptors (Lipinski definition) is 12. The van der Waals surface area contributed by atoms with Crippen LogP contribution in [0.4, 0.5) is 73.9 Å². The summed E-state index contributed by atoms with van der Waals surface area (Å²) < 4.78 is 21.6. The van der Waals surface area contributed by atoms with Crippen LogP contribution in [0.1, 0.15) is 13.8 Å². The van der Waals surface area contributed by atoms with Gasteiger partial charge in [0.15, 0.2) is 0 Å². The summed E-state index contributed by atoms with van der Waals surface area (Å²) in [4.78, 5) is 45.5. The monoisotopic (exact) mass is 1350 g/mol. The van der Waals surface area contributed by atoms with Gasteiger partial charge in [-0.1, -0.05) is 153 Å². The van der Waals surface area contributed by atoms with Gasteiger partial charge in [-0.25, -0.2) is 14.4 Å². The van der Waals surface area contributed by atoms with E-state index in [1.165, 1.54) is 5.69 Å². The van der Waals surface area contributed by atoms with Crippen molar-refractivity contribution in [2.75, 3.05) is 37.6 Å². The van der Waals surface area contributed by atoms with E-state index in [0.717, 1.165) is 122 Å². The third-order valence-corrected chi connectivity index (χ3v) is 16.4. The van der Waals surface area contributed by atoms with Crippen LogP contribution in [-0.4, -0.2) is 31.0 Å². The first kappa shape index (κ1) is 70.6. The lowest BCUT2D eigenvalue weighted by molar-refractivity contribution is -0.129. The largest absolute Gasteiger partial charge is 0.457 e. The van der Waals surface area contributed by atoms with E-state index in [9.17, 15) is 14.4 Å². The fourth-order valence-corrected chi connectivity index (χ4v) is 11.4. The van der Waals surface area contributed by atoms with Crippen molar-refractivity contribution in [1.29, 1.82) is 0 Å². The lowest BCUT2D eigenvalue weighted by Crippen LogP contribution is -2.21. The Kier molecular flexibility index (Phi) is 24.5. The Morgan fingerprint density at radius 2 is 0.427 bits per heavy atom. The highest BCUT2D eigenvalue weighted by Gasteiger charge is 2.19. The Bertz CT molecular complexity index is 4780. The van der Waals surface area contributed by atoms with E-state index < -0.39 is 17.9 Å². The van der Waals surface area contributed by atoms with E-state index in [1.54, 1.807) is 36.4 Å². The highest BCUT2D eigenvalue weighted by atomic mass is 16.5. The highest BCUT2D eigenvalue weighted by molar-refractivity contribution is 5.87. The van der Waals surface area contributed by atoms with Gasteiger partial charge in [0.2, 0.25) is 0 Å². The van der Waals surface area contributed by atoms with Crippen molar-refractivity contribution >= 4 is 91.8 Å². The molecule has 0 fully saturated rings. The van der Waals surface area contributed by atoms with Gasteiger partial charge in [-0.2, -0.15) is 0 Å². The predicted molar refractivity (Wildman–Crippen MR) is 421 cm³/mol. The Morgan fingerprint density at radius 1 is 0.243 bits per heavy atom. The molecule has 0 N–H and O–H groups in total. The fraction of sp³-hybridized carbons (Fsp3) is 0.0440. The zero-order chi connectivity index (χ0) is 71.5. The molecule has 13 rings (SSSR count). The van der Waals surface area contributed by atoms with Crippen molar-refractivity contribution in [3.05, 3.63) is 390 Å². The Morgan fingerprint density at radius 3 is 0.660 bits per heavy atom. The van der Waals surface area contributed by atoms with E-state index in [2.05, 4.69) is 204 Å². The molecule has 0 saturated carbocycles. The van der Waals surface area contributed by atoms with Crippen LogP contribution in [0.3, 0.4) is 0 Å². The fourth-order valence-electron chi connectivity index (χ4n) is 11.4. The molecule has 508 valence electrons. The van der Waals surface area contributed by atoms with Crippen LogP contribution < -0.4 is 43.4 Å². The van der Waals surface area contributed by atoms with Gasteiger partial charge >= 0.3 is 17.9 Å². The van der Waals surface area contributed by atoms with Crippen LogP contribution in [-0.2, 0) is 14.4 Å². The van der Waals surface area contributed by atoms with Gasteiger partial charge in [-0.3, -0.25) is 0 Å². The van der Waals surface area contributed by atoms with E-state index >= 15 is 0 Å². The number of carbonyl (C=O) groups is 3. The first-order chi connectivity index (χ1) is 50.6. The lowest BCUT2D eigenvalue weighted by atomic mass is 10.0. The molecule has 0 spiro atoms. The van der Waals surface area contributed by atoms with E-state index in [0.29, 0.717) is 17.2 Å². The molecule has 0 amide bonds. The van der Waals surface area contributed by atoms with Gasteiger partial charge in [0.1, 0.15) is 28.7 Å². The maximum atomic E-state index is 11.6. The summed E-state index contributed by atoms with van der Waals surface area (Å²) >= 11 is 0. The molecule has 0 saturated heterocycles. The maximum Gasteiger partial charge on any atom is 0.335 e. The molecule has 0 heterocycles. The van der Waals surface area contributed by atoms with E-state index in [4.69, 9.17) is 18.9 Å². The highest BCUT2D eigenvalue weighted by Crippen LogP contribution is 2.41. The van der Waals surface area contributed by atoms with Gasteiger partial charge < -0.3 is 43.4 Å². The van der Waals surface area contributed by atoms with Crippen LogP contribution in [0.5, 0.6) is 28.7 Å². The van der Waals surface area contributed by atoms with Gasteiger partial charge in [0, 0.05) is 105 Å². The molecule has 0 bridgehead atoms. The van der Waals surface area contributed by atoms with Gasteiger partial charge in [0.25, 0.3) is 0 Å². The minimum Gasteiger partial charge on any atom is -0.457 e. The average molecular weight is 1350 g/mol. The zero-order valence-corrected chi connectivity index (χ0v) is 57.3. The molecular formula is C91H77N5O7. The summed E-state index contributed by atoms with van der Waals surface area (Å²) in [5.41, 5.74) is 15.8. The van der Waals surface area contributed by atoms with E-state index in [-0.39, 0.29) is 0 Å². The van der Waals surface area contributed by atoms with Crippen LogP contribution in [0.2, 0.25) is 0 Å². The lowest BCUT2D eigenvalue weighted by Gasteiger charge is -2.27. The molecule has 0 aliphatic carbocycles. The Labute approximate surface area is 603 Å². The van der Waals surface area contributed by atoms with Crippen LogP contribution in [0.25, 0.3) is 11.1 Å². The maximum absolute atomic E-state index is 11.6. The standard InChI is InChI=1S/C39H30N2O2.C27H21NO3.C25H26N2O2/c1-2-39(42)43-38-28-26-37(27-29-38)41(34-16-10-5-11-17-34)36-24-20-31(21-25-36)30-18-22-35(23-19-30)40(32-12-6-3-7-13-32)33-14-8-4-9-15-33;1-2-27(29)31-26-19-15-23(16-20-26)28(21-9-5-3-6-10-21)22-13-17-25(18-14-22)30-24-11-7-4-8-12-24;1-4-25(28)29-24-18-16-23(17-19-24)27(21-10-8-7-9-11-21)22-14-12-20(13-15-22)26(5-2)6-3/h2-29H,1H2;2-20H,1H2;4,7-19H,1,5-6H2,2-3H3. The van der Waals surface area contributed by atoms with Crippen molar-refractivity contribution in [3.63, 3.8) is 0 Å². The number of esters is 3. The van der Waals surface area contributed by atoms with Gasteiger partial charge in [0.05, 0.1) is 0 Å². The molecule has 0 atom stereocenters. The number of carbonyl (C=O) groups excluding carboxylic acids is 3. The van der Waals surface area contributed by atoms with Crippen molar-refractivity contribution < 1.29 is 33.3 Å². The topological polar surface area (TPSA) is 104 Å². The quantitative estimate of drug-likeness (QED) is 0.0327. The number of hydrogen-bond donors (Lipinski definition) is 0. The predicted octanol–water partition coefficient (Wildman–Crippen LogP) is 23.5. The van der Waals surface area contributed by atoms with Crippen molar-refractivity contribution in [2.45, 2.75) is 13.8 Å². The van der Waals surface area contributed by atoms with Gasteiger partial charge in [-0.15, -0.1) is 0 Å². The summed E-state index contributed by atoms with van der Waals surface area (Å²) in [6.45, 7) is 16.6. The van der Waals surface area contributed by atoms with E-state index in [1.807, 2.05) is 170 Å². The van der Waals surface area contributed by atoms with Crippen molar-refractivity contribution in [3.8, 4) is 39.9 Å². The number of ether oxygens (including phenoxy) is 4. The third-order valence-electron chi connectivity index (χ3n) is 16.4. The minimum absolute atomic E-state index is 0.466. The van der Waals surface area contributed by atoms with Crippen molar-refractivity contribution in [1.82, 2.24) is 0 Å². The number of rotatable bonds is 24. The Balaban J connectivity index is 0.000000159. The molecule has 0 aliphatic rings. The molecule has 0 unspecified atom stereocenters. The summed E-state index contributed by atoms with van der Waals surface area (Å²) in [7, 11) is 0. The second-order valence-corrected chi connectivity index (χ2v) is 23.1. The molecule has 0 aliphatic heterocycles. The number of anilines is 13. The van der Waals surface area contributed by atoms with Crippen LogP contribution >= 0.6 is 0 Å². The summed E-state index contributed by atoms with van der Waals surface area (Å²) in [5, 5.41) is 0. The average Bonchev–Trinajstić information content (AvgIpc) is 0.817. The summed E-state index contributed by atoms with van der Waals surface area (Å²) in [6, 6.07) is 117. The summed E-state index contributed by atoms with van der Waals surface area (Å²) in [6.07, 6.45) is 3.45. The molecule has 12 heteroatoms. The molecule has 0 aromatic heterocycles. The Hall–Kier alpha value is -13.7. The number of para-hydroxylation sites is 6. The molecular weight excluding hydrogens is 1280 g/mol. The first-order valence-corrected chi connectivity index (χ1v) is 33.8. The van der Waals surface area contributed by atoms with Crippen LogP contribution in [0.15, 0.2) is 390 Å². The molecule has 103 heavy (non-hydrogen) atoms. The molecule has 0 radical (unpaired) electrons. The molecule has 13 aromatic rings. The molecule has 13 aromatic carbocycles. The number of nitrogens with zero attached hydrogens (tertiary/aromatic N) is 5. The second-order valence-electron chi connectivity index (χ2n) is 23.1. The SMILES string of the molecule is C=CC(=O)Oc1ccc(N(c2ccccc2)c2ccc(-c3ccc(N(c4ccccc4)c4ccccc4)cc3)cc2)cc1.C=CC(=O)Oc1ccc(N(c2ccccc2)c2ccc(N(CC)CC)cc2)cc1.C=CC(=O)Oc1ccc(N(c2ccccc2)c2ccc(Oc3ccccc3)cc2)cc1. The first-order valence-electron chi connectivity index (χ1n) is 33.8. The summed E-state index contributed by atoms with van der Waals surface area (Å²) in [5.74, 6) is 1.54. The number of benzene rings is 13.